The van der Waals surface area contributed by atoms with E-state index < -0.39 is 11.5 Å². The number of hydrogen-bond donors (Lipinski definition) is 2. The van der Waals surface area contributed by atoms with Gasteiger partial charge in [-0.2, -0.15) is 0 Å². The second-order valence-electron chi connectivity index (χ2n) is 7.40. The number of nitrogens with one attached hydrogen (secondary N) is 1. The third-order valence-electron chi connectivity index (χ3n) is 5.21. The van der Waals surface area contributed by atoms with E-state index in [9.17, 15) is 14.7 Å². The lowest BCUT2D eigenvalue weighted by molar-refractivity contribution is -0.133. The Kier molecular flexibility index (Phi) is 4.68. The van der Waals surface area contributed by atoms with Gasteiger partial charge in [0.2, 0.25) is 5.91 Å². The lowest BCUT2D eigenvalue weighted by Gasteiger charge is -2.24. The molecule has 0 unspecified atom stereocenters. The van der Waals surface area contributed by atoms with Gasteiger partial charge in [0.25, 0.3) is 5.91 Å². The standard InChI is InChI=1S/C24H22N2O3/c1-16-10-12-19(13-11-16)25-22(27)15-26-21-9-4-3-8-20(21)24(29,23(26)28)18-7-5-6-17(2)14-18/h3-14,29H,15H2,1-2H3,(H,25,27)/t24-/m0/s1. The molecule has 1 atom stereocenters. The van der Waals surface area contributed by atoms with Crippen LogP contribution in [0, 0.1) is 13.8 Å². The summed E-state index contributed by atoms with van der Waals surface area (Å²) in [5.74, 6) is -0.853. The monoisotopic (exact) mass is 386 g/mol. The van der Waals surface area contributed by atoms with Gasteiger partial charge in [-0.15, -0.1) is 0 Å². The summed E-state index contributed by atoms with van der Waals surface area (Å²) in [5, 5.41) is 14.3. The Labute approximate surface area is 169 Å². The number of para-hydroxylation sites is 1. The summed E-state index contributed by atoms with van der Waals surface area (Å²) in [6, 6.07) is 21.7. The van der Waals surface area contributed by atoms with Gasteiger partial charge < -0.3 is 10.4 Å². The molecular weight excluding hydrogens is 364 g/mol. The highest BCUT2D eigenvalue weighted by Gasteiger charge is 2.51. The molecule has 146 valence electrons. The minimum atomic E-state index is -1.81. The van der Waals surface area contributed by atoms with Crippen molar-refractivity contribution in [1.29, 1.82) is 0 Å². The van der Waals surface area contributed by atoms with Crippen molar-refractivity contribution < 1.29 is 14.7 Å². The van der Waals surface area contributed by atoms with Gasteiger partial charge in [0.1, 0.15) is 6.54 Å². The second kappa shape index (κ2) is 7.18. The van der Waals surface area contributed by atoms with E-state index in [1.807, 2.05) is 50.2 Å². The maximum absolute atomic E-state index is 13.3. The average molecular weight is 386 g/mol. The summed E-state index contributed by atoms with van der Waals surface area (Å²) in [6.45, 7) is 3.69. The molecule has 3 aromatic rings. The number of rotatable bonds is 4. The van der Waals surface area contributed by atoms with E-state index in [1.54, 1.807) is 36.4 Å². The van der Waals surface area contributed by atoms with E-state index in [1.165, 1.54) is 4.90 Å². The van der Waals surface area contributed by atoms with Gasteiger partial charge >= 0.3 is 0 Å². The number of carbonyl (C=O) groups excluding carboxylic acids is 2. The first kappa shape index (κ1) is 18.9. The maximum atomic E-state index is 13.3. The predicted octanol–water partition coefficient (Wildman–Crippen LogP) is 3.52. The van der Waals surface area contributed by atoms with Crippen LogP contribution in [0.25, 0.3) is 0 Å². The second-order valence-corrected chi connectivity index (χ2v) is 7.40. The van der Waals surface area contributed by atoms with Gasteiger partial charge in [-0.1, -0.05) is 65.7 Å². The molecule has 0 saturated carbocycles. The fourth-order valence-electron chi connectivity index (χ4n) is 3.72. The molecular formula is C24H22N2O3. The quantitative estimate of drug-likeness (QED) is 0.721. The molecule has 2 N–H and O–H groups in total. The highest BCUT2D eigenvalue weighted by molar-refractivity contribution is 6.12. The van der Waals surface area contributed by atoms with Crippen molar-refractivity contribution in [2.24, 2.45) is 0 Å². The number of aliphatic hydroxyl groups is 1. The van der Waals surface area contributed by atoms with E-state index >= 15 is 0 Å². The van der Waals surface area contributed by atoms with Crippen molar-refractivity contribution in [2.75, 3.05) is 16.8 Å². The predicted molar refractivity (Wildman–Crippen MR) is 113 cm³/mol. The summed E-state index contributed by atoms with van der Waals surface area (Å²) >= 11 is 0. The van der Waals surface area contributed by atoms with Crippen LogP contribution in [0.2, 0.25) is 0 Å². The van der Waals surface area contributed by atoms with Crippen LogP contribution >= 0.6 is 0 Å². The molecule has 1 aliphatic heterocycles. The smallest absolute Gasteiger partial charge is 0.268 e. The summed E-state index contributed by atoms with van der Waals surface area (Å²) in [4.78, 5) is 27.3. The Morgan fingerprint density at radius 1 is 0.966 bits per heavy atom. The minimum absolute atomic E-state index is 0.183. The van der Waals surface area contributed by atoms with Gasteiger partial charge in [0, 0.05) is 11.3 Å². The zero-order valence-electron chi connectivity index (χ0n) is 16.3. The Morgan fingerprint density at radius 3 is 2.41 bits per heavy atom. The summed E-state index contributed by atoms with van der Waals surface area (Å²) in [5.41, 5.74) is 2.41. The molecule has 3 aromatic carbocycles. The van der Waals surface area contributed by atoms with Crippen LogP contribution in [0.15, 0.2) is 72.8 Å². The number of hydrogen-bond acceptors (Lipinski definition) is 3. The molecule has 1 aliphatic rings. The third kappa shape index (κ3) is 3.30. The molecule has 0 fully saturated rings. The lowest BCUT2D eigenvalue weighted by atomic mass is 9.87. The highest BCUT2D eigenvalue weighted by Crippen LogP contribution is 2.44. The van der Waals surface area contributed by atoms with Crippen molar-refractivity contribution in [3.05, 3.63) is 95.1 Å². The van der Waals surface area contributed by atoms with Crippen LogP contribution < -0.4 is 10.2 Å². The van der Waals surface area contributed by atoms with E-state index in [0.29, 0.717) is 22.5 Å². The Morgan fingerprint density at radius 2 is 1.69 bits per heavy atom. The number of benzene rings is 3. The largest absolute Gasteiger partial charge is 0.372 e. The van der Waals surface area contributed by atoms with Crippen LogP contribution in [-0.4, -0.2) is 23.5 Å². The van der Waals surface area contributed by atoms with E-state index in [4.69, 9.17) is 0 Å². The number of carbonyl (C=O) groups is 2. The fraction of sp³-hybridized carbons (Fsp3) is 0.167. The van der Waals surface area contributed by atoms with Crippen LogP contribution in [0.4, 0.5) is 11.4 Å². The SMILES string of the molecule is Cc1ccc(NC(=O)CN2C(=O)[C@](O)(c3cccc(C)c3)c3ccccc32)cc1. The highest BCUT2D eigenvalue weighted by atomic mass is 16.3. The Hall–Kier alpha value is -3.44. The molecule has 0 bridgehead atoms. The first-order valence-electron chi connectivity index (χ1n) is 9.47. The van der Waals surface area contributed by atoms with Crippen molar-refractivity contribution in [3.63, 3.8) is 0 Å². The fourth-order valence-corrected chi connectivity index (χ4v) is 3.72. The molecule has 0 aliphatic carbocycles. The van der Waals surface area contributed by atoms with E-state index in [-0.39, 0.29) is 12.5 Å². The van der Waals surface area contributed by atoms with Gasteiger partial charge in [0.05, 0.1) is 5.69 Å². The normalized spacial score (nSPS) is 17.9. The zero-order valence-corrected chi connectivity index (χ0v) is 16.3. The van der Waals surface area contributed by atoms with E-state index in [0.717, 1.165) is 11.1 Å². The van der Waals surface area contributed by atoms with Gasteiger partial charge in [-0.3, -0.25) is 14.5 Å². The summed E-state index contributed by atoms with van der Waals surface area (Å²) in [6.07, 6.45) is 0. The molecule has 0 radical (unpaired) electrons. The number of aryl methyl sites for hydroxylation is 2. The number of fused-ring (bicyclic) bond motifs is 1. The van der Waals surface area contributed by atoms with Crippen molar-refractivity contribution in [2.45, 2.75) is 19.4 Å². The van der Waals surface area contributed by atoms with Crippen LogP contribution in [0.3, 0.4) is 0 Å². The first-order valence-corrected chi connectivity index (χ1v) is 9.47. The van der Waals surface area contributed by atoms with Crippen molar-refractivity contribution >= 4 is 23.2 Å². The molecule has 2 amide bonds. The Balaban J connectivity index is 1.66. The van der Waals surface area contributed by atoms with Gasteiger partial charge in [-0.25, -0.2) is 0 Å². The summed E-state index contributed by atoms with van der Waals surface area (Å²) in [7, 11) is 0. The average Bonchev–Trinajstić information content (AvgIpc) is 2.93. The molecule has 5 nitrogen and oxygen atoms in total. The van der Waals surface area contributed by atoms with E-state index in [2.05, 4.69) is 5.32 Å². The lowest BCUT2D eigenvalue weighted by Crippen LogP contribution is -2.44. The topological polar surface area (TPSA) is 69.6 Å². The number of nitrogens with zero attached hydrogens (tertiary/aromatic N) is 1. The number of anilines is 2. The minimum Gasteiger partial charge on any atom is -0.372 e. The van der Waals surface area contributed by atoms with Crippen molar-refractivity contribution in [3.8, 4) is 0 Å². The third-order valence-corrected chi connectivity index (χ3v) is 5.21. The van der Waals surface area contributed by atoms with Crippen LogP contribution in [-0.2, 0) is 15.2 Å². The zero-order chi connectivity index (χ0) is 20.6. The molecule has 1 heterocycles. The summed E-state index contributed by atoms with van der Waals surface area (Å²) < 4.78 is 0. The van der Waals surface area contributed by atoms with Crippen LogP contribution in [0.1, 0.15) is 22.3 Å². The van der Waals surface area contributed by atoms with Crippen molar-refractivity contribution in [1.82, 2.24) is 0 Å². The molecule has 0 saturated heterocycles. The van der Waals surface area contributed by atoms with Gasteiger partial charge in [0.15, 0.2) is 5.60 Å². The molecule has 5 heteroatoms. The van der Waals surface area contributed by atoms with Crippen LogP contribution in [0.5, 0.6) is 0 Å². The Bertz CT molecular complexity index is 1090. The molecule has 0 spiro atoms. The molecule has 29 heavy (non-hydrogen) atoms. The molecule has 4 rings (SSSR count). The molecule has 0 aromatic heterocycles. The van der Waals surface area contributed by atoms with Gasteiger partial charge in [-0.05, 0) is 37.6 Å². The number of amides is 2. The maximum Gasteiger partial charge on any atom is 0.268 e. The first-order chi connectivity index (χ1) is 13.9.